The second kappa shape index (κ2) is 7.94. The van der Waals surface area contributed by atoms with Crippen LogP contribution in [0, 0.1) is 0 Å². The minimum absolute atomic E-state index is 0.161. The van der Waals surface area contributed by atoms with E-state index >= 15 is 0 Å². The Labute approximate surface area is 168 Å². The Morgan fingerprint density at radius 2 is 1.72 bits per heavy atom. The van der Waals surface area contributed by atoms with E-state index in [1.807, 2.05) is 12.1 Å². The number of ether oxygens (including phenoxy) is 1. The SMILES string of the molecule is COc1ccc(S(=O)(=O)N2CCN(Cc3nc4ccccc4c(=O)[nH]3)CC2)cc1. The van der Waals surface area contributed by atoms with Gasteiger partial charge in [-0.25, -0.2) is 13.4 Å². The maximum Gasteiger partial charge on any atom is 0.258 e. The van der Waals surface area contributed by atoms with Crippen molar-refractivity contribution in [1.82, 2.24) is 19.2 Å². The van der Waals surface area contributed by atoms with Gasteiger partial charge in [0.1, 0.15) is 11.6 Å². The molecule has 4 rings (SSSR count). The monoisotopic (exact) mass is 414 g/mol. The van der Waals surface area contributed by atoms with Crippen molar-refractivity contribution in [2.75, 3.05) is 33.3 Å². The van der Waals surface area contributed by atoms with Crippen molar-refractivity contribution >= 4 is 20.9 Å². The number of methoxy groups -OCH3 is 1. The standard InChI is InChI=1S/C20H22N4O4S/c1-28-15-6-8-16(9-7-15)29(26,27)24-12-10-23(11-13-24)14-19-21-18-5-3-2-4-17(18)20(25)22-19/h2-9H,10-14H2,1H3,(H,21,22,25). The lowest BCUT2D eigenvalue weighted by atomic mass is 10.2. The van der Waals surface area contributed by atoms with Crippen molar-refractivity contribution < 1.29 is 13.2 Å². The van der Waals surface area contributed by atoms with Gasteiger partial charge in [-0.15, -0.1) is 0 Å². The number of para-hydroxylation sites is 1. The zero-order valence-electron chi connectivity index (χ0n) is 16.0. The molecule has 1 fully saturated rings. The highest BCUT2D eigenvalue weighted by Crippen LogP contribution is 2.21. The largest absolute Gasteiger partial charge is 0.497 e. The second-order valence-corrected chi connectivity index (χ2v) is 8.82. The van der Waals surface area contributed by atoms with Crippen LogP contribution in [-0.4, -0.2) is 60.9 Å². The molecule has 0 unspecified atom stereocenters. The van der Waals surface area contributed by atoms with E-state index in [2.05, 4.69) is 14.9 Å². The van der Waals surface area contributed by atoms with E-state index in [4.69, 9.17) is 4.74 Å². The van der Waals surface area contributed by atoms with E-state index in [0.29, 0.717) is 55.2 Å². The van der Waals surface area contributed by atoms with Crippen LogP contribution in [-0.2, 0) is 16.6 Å². The fraction of sp³-hybridized carbons (Fsp3) is 0.300. The molecule has 0 amide bonds. The van der Waals surface area contributed by atoms with Gasteiger partial charge in [0.25, 0.3) is 5.56 Å². The van der Waals surface area contributed by atoms with Crippen LogP contribution < -0.4 is 10.3 Å². The summed E-state index contributed by atoms with van der Waals surface area (Å²) in [6.07, 6.45) is 0. The molecule has 0 bridgehead atoms. The van der Waals surface area contributed by atoms with E-state index in [-0.39, 0.29) is 10.5 Å². The number of aromatic nitrogens is 2. The molecule has 0 atom stereocenters. The zero-order valence-corrected chi connectivity index (χ0v) is 16.9. The number of fused-ring (bicyclic) bond motifs is 1. The molecule has 1 aliphatic rings. The number of hydrogen-bond acceptors (Lipinski definition) is 6. The molecule has 0 saturated carbocycles. The van der Waals surface area contributed by atoms with E-state index in [0.717, 1.165) is 0 Å². The summed E-state index contributed by atoms with van der Waals surface area (Å²) in [5.74, 6) is 1.20. The highest BCUT2D eigenvalue weighted by atomic mass is 32.2. The molecular formula is C20H22N4O4S. The van der Waals surface area contributed by atoms with Gasteiger partial charge in [0.05, 0.1) is 29.5 Å². The second-order valence-electron chi connectivity index (χ2n) is 6.89. The number of piperazine rings is 1. The number of nitrogens with one attached hydrogen (secondary N) is 1. The quantitative estimate of drug-likeness (QED) is 0.679. The Bertz CT molecular complexity index is 1170. The molecule has 1 aromatic heterocycles. The van der Waals surface area contributed by atoms with Gasteiger partial charge in [-0.1, -0.05) is 12.1 Å². The third-order valence-corrected chi connectivity index (χ3v) is 6.98. The molecule has 0 radical (unpaired) electrons. The smallest absolute Gasteiger partial charge is 0.258 e. The van der Waals surface area contributed by atoms with Gasteiger partial charge in [0.15, 0.2) is 0 Å². The van der Waals surface area contributed by atoms with Crippen LogP contribution in [0.4, 0.5) is 0 Å². The molecule has 1 aliphatic heterocycles. The van der Waals surface area contributed by atoms with Gasteiger partial charge < -0.3 is 9.72 Å². The molecule has 2 heterocycles. The predicted octanol–water partition coefficient (Wildman–Crippen LogP) is 1.44. The first-order valence-corrected chi connectivity index (χ1v) is 10.8. The first kappa shape index (κ1) is 19.6. The predicted molar refractivity (Wildman–Crippen MR) is 109 cm³/mol. The Morgan fingerprint density at radius 3 is 2.41 bits per heavy atom. The van der Waals surface area contributed by atoms with Gasteiger partial charge >= 0.3 is 0 Å². The van der Waals surface area contributed by atoms with Crippen molar-refractivity contribution in [3.8, 4) is 5.75 Å². The number of benzene rings is 2. The number of nitrogens with zero attached hydrogens (tertiary/aromatic N) is 3. The molecule has 1 saturated heterocycles. The Balaban J connectivity index is 1.43. The summed E-state index contributed by atoms with van der Waals surface area (Å²) in [4.78, 5) is 21.9. The highest BCUT2D eigenvalue weighted by molar-refractivity contribution is 7.89. The minimum atomic E-state index is -3.54. The summed E-state index contributed by atoms with van der Waals surface area (Å²) >= 11 is 0. The van der Waals surface area contributed by atoms with Gasteiger partial charge in [-0.2, -0.15) is 4.31 Å². The third-order valence-electron chi connectivity index (χ3n) is 5.06. The number of H-pyrrole nitrogens is 1. The summed E-state index contributed by atoms with van der Waals surface area (Å²) < 4.78 is 32.3. The maximum absolute atomic E-state index is 12.8. The summed E-state index contributed by atoms with van der Waals surface area (Å²) in [5, 5.41) is 0.562. The Morgan fingerprint density at radius 1 is 1.03 bits per heavy atom. The lowest BCUT2D eigenvalue weighted by molar-refractivity contribution is 0.178. The molecule has 29 heavy (non-hydrogen) atoms. The van der Waals surface area contributed by atoms with Crippen LogP contribution in [0.5, 0.6) is 5.75 Å². The van der Waals surface area contributed by atoms with Crippen molar-refractivity contribution in [1.29, 1.82) is 0 Å². The average Bonchev–Trinajstić information content (AvgIpc) is 2.74. The van der Waals surface area contributed by atoms with E-state index in [1.54, 1.807) is 43.5 Å². The van der Waals surface area contributed by atoms with Gasteiger partial charge in [-0.05, 0) is 36.4 Å². The first-order chi connectivity index (χ1) is 14.0. The maximum atomic E-state index is 12.8. The lowest BCUT2D eigenvalue weighted by Gasteiger charge is -2.33. The van der Waals surface area contributed by atoms with Gasteiger partial charge in [-0.3, -0.25) is 9.69 Å². The van der Waals surface area contributed by atoms with Gasteiger partial charge in [0.2, 0.25) is 10.0 Å². The molecule has 152 valence electrons. The van der Waals surface area contributed by atoms with Crippen LogP contribution in [0.3, 0.4) is 0 Å². The van der Waals surface area contributed by atoms with Crippen molar-refractivity contribution in [3.05, 3.63) is 64.7 Å². The Kier molecular flexibility index (Phi) is 5.35. The van der Waals surface area contributed by atoms with Crippen molar-refractivity contribution in [2.24, 2.45) is 0 Å². The van der Waals surface area contributed by atoms with Crippen molar-refractivity contribution in [3.63, 3.8) is 0 Å². The van der Waals surface area contributed by atoms with Crippen LogP contribution in [0.25, 0.3) is 10.9 Å². The molecule has 0 aliphatic carbocycles. The molecular weight excluding hydrogens is 392 g/mol. The van der Waals surface area contributed by atoms with Crippen LogP contribution in [0.2, 0.25) is 0 Å². The van der Waals surface area contributed by atoms with E-state index in [9.17, 15) is 13.2 Å². The summed E-state index contributed by atoms with van der Waals surface area (Å²) in [7, 11) is -2.00. The fourth-order valence-corrected chi connectivity index (χ4v) is 4.87. The molecule has 0 spiro atoms. The molecule has 2 aromatic carbocycles. The molecule has 8 nitrogen and oxygen atoms in total. The third kappa shape index (κ3) is 4.02. The average molecular weight is 414 g/mol. The zero-order chi connectivity index (χ0) is 20.4. The number of aromatic amines is 1. The molecule has 1 N–H and O–H groups in total. The Hall–Kier alpha value is -2.75. The lowest BCUT2D eigenvalue weighted by Crippen LogP contribution is -2.48. The topological polar surface area (TPSA) is 95.6 Å². The van der Waals surface area contributed by atoms with Crippen molar-refractivity contribution in [2.45, 2.75) is 11.4 Å². The number of hydrogen-bond donors (Lipinski definition) is 1. The van der Waals surface area contributed by atoms with Crippen LogP contribution in [0.1, 0.15) is 5.82 Å². The van der Waals surface area contributed by atoms with Crippen LogP contribution >= 0.6 is 0 Å². The summed E-state index contributed by atoms with van der Waals surface area (Å²) in [6.45, 7) is 2.35. The first-order valence-electron chi connectivity index (χ1n) is 9.32. The van der Waals surface area contributed by atoms with Crippen LogP contribution in [0.15, 0.2) is 58.2 Å². The van der Waals surface area contributed by atoms with Gasteiger partial charge in [0, 0.05) is 26.2 Å². The minimum Gasteiger partial charge on any atom is -0.497 e. The molecule has 9 heteroatoms. The summed E-state index contributed by atoms with van der Waals surface area (Å²) in [6, 6.07) is 13.6. The summed E-state index contributed by atoms with van der Waals surface area (Å²) in [5.41, 5.74) is 0.498. The normalized spacial score (nSPS) is 16.2. The molecule has 3 aromatic rings. The fourth-order valence-electron chi connectivity index (χ4n) is 3.45. The number of sulfonamides is 1. The van der Waals surface area contributed by atoms with E-state index in [1.165, 1.54) is 4.31 Å². The highest BCUT2D eigenvalue weighted by Gasteiger charge is 2.28. The van der Waals surface area contributed by atoms with E-state index < -0.39 is 10.0 Å². The number of rotatable bonds is 5.